The number of halogens is 3. The van der Waals surface area contributed by atoms with Crippen LogP contribution < -0.4 is 15.8 Å². The van der Waals surface area contributed by atoms with Crippen LogP contribution >= 0.6 is 11.3 Å². The van der Waals surface area contributed by atoms with E-state index in [-0.39, 0.29) is 12.1 Å². The second kappa shape index (κ2) is 6.88. The molecule has 1 aliphatic heterocycles. The number of hydrazine groups is 1. The van der Waals surface area contributed by atoms with Gasteiger partial charge in [-0.05, 0) is 30.3 Å². The van der Waals surface area contributed by atoms with Gasteiger partial charge in [0.25, 0.3) is 5.91 Å². The largest absolute Gasteiger partial charge is 0.416 e. The number of imide groups is 1. The second-order valence-electron chi connectivity index (χ2n) is 6.13. The van der Waals surface area contributed by atoms with E-state index in [9.17, 15) is 22.8 Å². The summed E-state index contributed by atoms with van der Waals surface area (Å²) in [5.41, 5.74) is 5.32. The molecule has 28 heavy (non-hydrogen) atoms. The summed E-state index contributed by atoms with van der Waals surface area (Å²) in [4.78, 5) is 29.9. The average molecular weight is 406 g/mol. The van der Waals surface area contributed by atoms with E-state index in [0.717, 1.165) is 27.2 Å². The number of nitrogens with one attached hydrogen (secondary N) is 2. The van der Waals surface area contributed by atoms with Crippen molar-refractivity contribution in [3.8, 4) is 0 Å². The molecule has 4 rings (SSSR count). The van der Waals surface area contributed by atoms with Crippen LogP contribution in [0.4, 0.5) is 24.0 Å². The minimum Gasteiger partial charge on any atom is -0.296 e. The Morgan fingerprint density at radius 2 is 1.89 bits per heavy atom. The molecule has 1 saturated heterocycles. The number of anilines is 2. The zero-order valence-corrected chi connectivity index (χ0v) is 15.0. The van der Waals surface area contributed by atoms with Gasteiger partial charge >= 0.3 is 6.18 Å². The van der Waals surface area contributed by atoms with Crippen LogP contribution in [-0.2, 0) is 15.8 Å². The van der Waals surface area contributed by atoms with Crippen LogP contribution in [0.15, 0.2) is 48.5 Å². The standard InChI is InChI=1S/C18H13F3N4O2S/c19-18(20,21)10-4-3-5-11(8-10)25-15(26)9-13(16(25)27)23-24-17-22-12-6-1-2-7-14(12)28-17/h1-8,13,23H,9H2,(H,22,24)/t13-/m0/s1. The second-order valence-corrected chi connectivity index (χ2v) is 7.16. The Kier molecular flexibility index (Phi) is 4.52. The van der Waals surface area contributed by atoms with Gasteiger partial charge in [-0.3, -0.25) is 15.0 Å². The molecule has 1 atom stereocenters. The topological polar surface area (TPSA) is 74.3 Å². The molecule has 0 bridgehead atoms. The molecule has 6 nitrogen and oxygen atoms in total. The van der Waals surface area contributed by atoms with Crippen molar-refractivity contribution in [3.63, 3.8) is 0 Å². The Balaban J connectivity index is 1.49. The molecule has 0 aliphatic carbocycles. The van der Waals surface area contributed by atoms with Crippen LogP contribution in [-0.4, -0.2) is 22.8 Å². The molecule has 2 aromatic carbocycles. The smallest absolute Gasteiger partial charge is 0.296 e. The predicted octanol–water partition coefficient (Wildman–Crippen LogP) is 3.56. The molecule has 144 valence electrons. The molecule has 2 amide bonds. The van der Waals surface area contributed by atoms with Gasteiger partial charge in [-0.2, -0.15) is 13.2 Å². The number of rotatable bonds is 4. The van der Waals surface area contributed by atoms with Crippen molar-refractivity contribution in [2.24, 2.45) is 0 Å². The van der Waals surface area contributed by atoms with Crippen LogP contribution in [0.2, 0.25) is 0 Å². The van der Waals surface area contributed by atoms with E-state index in [0.29, 0.717) is 5.13 Å². The highest BCUT2D eigenvalue weighted by atomic mass is 32.1. The number of benzene rings is 2. The maximum Gasteiger partial charge on any atom is 0.416 e. The number of aromatic nitrogens is 1. The molecule has 2 heterocycles. The molecular formula is C18H13F3N4O2S. The zero-order chi connectivity index (χ0) is 19.9. The van der Waals surface area contributed by atoms with Crippen molar-refractivity contribution in [1.29, 1.82) is 0 Å². The maximum atomic E-state index is 12.9. The predicted molar refractivity (Wildman–Crippen MR) is 98.7 cm³/mol. The van der Waals surface area contributed by atoms with Gasteiger partial charge in [0, 0.05) is 0 Å². The SMILES string of the molecule is O=C1C[C@H](NNc2nc3ccccc3s2)C(=O)N1c1cccc(C(F)(F)F)c1. The zero-order valence-electron chi connectivity index (χ0n) is 14.2. The van der Waals surface area contributed by atoms with Crippen molar-refractivity contribution >= 4 is 44.2 Å². The van der Waals surface area contributed by atoms with E-state index in [4.69, 9.17) is 0 Å². The number of thiazole rings is 1. The van der Waals surface area contributed by atoms with E-state index in [2.05, 4.69) is 15.8 Å². The van der Waals surface area contributed by atoms with Crippen LogP contribution in [0.5, 0.6) is 0 Å². The van der Waals surface area contributed by atoms with Crippen LogP contribution in [0.25, 0.3) is 10.2 Å². The fourth-order valence-corrected chi connectivity index (χ4v) is 3.74. The third-order valence-electron chi connectivity index (χ3n) is 4.23. The number of para-hydroxylation sites is 1. The quantitative estimate of drug-likeness (QED) is 0.512. The van der Waals surface area contributed by atoms with E-state index >= 15 is 0 Å². The molecule has 1 fully saturated rings. The third-order valence-corrected chi connectivity index (χ3v) is 5.18. The first-order valence-electron chi connectivity index (χ1n) is 8.24. The summed E-state index contributed by atoms with van der Waals surface area (Å²) in [5.74, 6) is -1.20. The number of amides is 2. The molecule has 0 spiro atoms. The van der Waals surface area contributed by atoms with Gasteiger partial charge in [0.05, 0.1) is 27.9 Å². The summed E-state index contributed by atoms with van der Waals surface area (Å²) in [6.07, 6.45) is -4.74. The van der Waals surface area contributed by atoms with Crippen molar-refractivity contribution in [2.45, 2.75) is 18.6 Å². The fraction of sp³-hybridized carbons (Fsp3) is 0.167. The molecule has 0 radical (unpaired) electrons. The first kappa shape index (κ1) is 18.4. The number of nitrogens with zero attached hydrogens (tertiary/aromatic N) is 2. The number of carbonyl (C=O) groups excluding carboxylic acids is 2. The number of carbonyl (C=O) groups is 2. The lowest BCUT2D eigenvalue weighted by Gasteiger charge is -2.17. The molecule has 2 N–H and O–H groups in total. The monoisotopic (exact) mass is 406 g/mol. The van der Waals surface area contributed by atoms with Gasteiger partial charge in [-0.15, -0.1) is 0 Å². The van der Waals surface area contributed by atoms with E-state index < -0.39 is 29.6 Å². The minimum absolute atomic E-state index is 0.103. The molecular weight excluding hydrogens is 393 g/mol. The number of fused-ring (bicyclic) bond motifs is 1. The van der Waals surface area contributed by atoms with E-state index in [1.807, 2.05) is 24.3 Å². The van der Waals surface area contributed by atoms with Crippen molar-refractivity contribution in [3.05, 3.63) is 54.1 Å². The Bertz CT molecular complexity index is 1030. The molecule has 0 unspecified atom stereocenters. The highest BCUT2D eigenvalue weighted by molar-refractivity contribution is 7.22. The van der Waals surface area contributed by atoms with Crippen molar-refractivity contribution in [1.82, 2.24) is 10.4 Å². The summed E-state index contributed by atoms with van der Waals surface area (Å²) in [5, 5.41) is 0.513. The normalized spacial score (nSPS) is 17.5. The lowest BCUT2D eigenvalue weighted by Crippen LogP contribution is -2.41. The van der Waals surface area contributed by atoms with Gasteiger partial charge in [0.15, 0.2) is 5.13 Å². The van der Waals surface area contributed by atoms with Gasteiger partial charge < -0.3 is 0 Å². The minimum atomic E-state index is -4.56. The highest BCUT2D eigenvalue weighted by Crippen LogP contribution is 2.33. The average Bonchev–Trinajstić information content (AvgIpc) is 3.19. The summed E-state index contributed by atoms with van der Waals surface area (Å²) in [6, 6.07) is 10.7. The van der Waals surface area contributed by atoms with Gasteiger partial charge in [-0.25, -0.2) is 15.3 Å². The van der Waals surface area contributed by atoms with Crippen molar-refractivity contribution in [2.75, 3.05) is 10.3 Å². The third kappa shape index (κ3) is 3.43. The van der Waals surface area contributed by atoms with Crippen LogP contribution in [0.1, 0.15) is 12.0 Å². The van der Waals surface area contributed by atoms with E-state index in [1.165, 1.54) is 23.5 Å². The number of alkyl halides is 3. The summed E-state index contributed by atoms with van der Waals surface area (Å²) >= 11 is 1.36. The Hall–Kier alpha value is -2.98. The number of hydrogen-bond donors (Lipinski definition) is 2. The molecule has 1 aromatic heterocycles. The lowest BCUT2D eigenvalue weighted by molar-refractivity contribution is -0.137. The Morgan fingerprint density at radius 3 is 2.64 bits per heavy atom. The van der Waals surface area contributed by atoms with Gasteiger partial charge in [-0.1, -0.05) is 29.5 Å². The van der Waals surface area contributed by atoms with Gasteiger partial charge in [0.1, 0.15) is 6.04 Å². The summed E-state index contributed by atoms with van der Waals surface area (Å²) < 4.78 is 39.7. The molecule has 10 heteroatoms. The van der Waals surface area contributed by atoms with E-state index in [1.54, 1.807) is 0 Å². The summed E-state index contributed by atoms with van der Waals surface area (Å²) in [7, 11) is 0. The molecule has 0 saturated carbocycles. The summed E-state index contributed by atoms with van der Waals surface area (Å²) in [6.45, 7) is 0. The molecule has 1 aliphatic rings. The lowest BCUT2D eigenvalue weighted by atomic mass is 10.2. The Labute approximate surface area is 160 Å². The highest BCUT2D eigenvalue weighted by Gasteiger charge is 2.40. The number of hydrogen-bond acceptors (Lipinski definition) is 6. The first-order valence-corrected chi connectivity index (χ1v) is 9.06. The van der Waals surface area contributed by atoms with Gasteiger partial charge in [0.2, 0.25) is 5.91 Å². The Morgan fingerprint density at radius 1 is 1.11 bits per heavy atom. The maximum absolute atomic E-state index is 12.9. The van der Waals surface area contributed by atoms with Crippen LogP contribution in [0, 0.1) is 0 Å². The molecule has 3 aromatic rings. The van der Waals surface area contributed by atoms with Crippen LogP contribution in [0.3, 0.4) is 0 Å². The van der Waals surface area contributed by atoms with Crippen molar-refractivity contribution < 1.29 is 22.8 Å². The fourth-order valence-electron chi connectivity index (χ4n) is 2.91. The first-order chi connectivity index (χ1) is 13.3.